The zero-order valence-corrected chi connectivity index (χ0v) is 19.3. The van der Waals surface area contributed by atoms with Crippen LogP contribution in [0.1, 0.15) is 31.2 Å². The number of benzene rings is 2. The number of amides is 2. The summed E-state index contributed by atoms with van der Waals surface area (Å²) in [5, 5.41) is 5.60. The smallest absolute Gasteiger partial charge is 0.243 e. The van der Waals surface area contributed by atoms with Crippen LogP contribution in [0.25, 0.3) is 0 Å². The molecule has 2 N–H and O–H groups in total. The summed E-state index contributed by atoms with van der Waals surface area (Å²) in [7, 11) is -3.79. The zero-order valence-electron chi connectivity index (χ0n) is 18.5. The summed E-state index contributed by atoms with van der Waals surface area (Å²) < 4.78 is 40.0. The first kappa shape index (κ1) is 24.9. The topological polar surface area (TPSA) is 95.6 Å². The van der Waals surface area contributed by atoms with E-state index in [-0.39, 0.29) is 36.2 Å². The molecule has 2 aromatic carbocycles. The molecule has 1 heterocycles. The minimum Gasteiger partial charge on any atom is -0.356 e. The Bertz CT molecular complexity index is 1030. The minimum atomic E-state index is -3.79. The van der Waals surface area contributed by atoms with Crippen LogP contribution in [-0.4, -0.2) is 50.7 Å². The Labute approximate surface area is 194 Å². The number of aryl methyl sites for hydroxylation is 1. The molecule has 178 valence electrons. The number of carbonyl (C=O) groups excluding carboxylic acids is 2. The fourth-order valence-corrected chi connectivity index (χ4v) is 5.35. The van der Waals surface area contributed by atoms with Crippen molar-refractivity contribution in [1.29, 1.82) is 0 Å². The molecule has 1 unspecified atom stereocenters. The van der Waals surface area contributed by atoms with E-state index in [1.54, 1.807) is 0 Å². The van der Waals surface area contributed by atoms with Gasteiger partial charge in [0.1, 0.15) is 5.82 Å². The van der Waals surface area contributed by atoms with E-state index in [0.717, 1.165) is 25.0 Å². The Morgan fingerprint density at radius 1 is 1.00 bits per heavy atom. The van der Waals surface area contributed by atoms with E-state index in [1.165, 1.54) is 22.0 Å². The number of rotatable bonds is 10. The van der Waals surface area contributed by atoms with E-state index in [4.69, 9.17) is 0 Å². The number of nitrogens with one attached hydrogen (secondary N) is 2. The maximum atomic E-state index is 13.1. The van der Waals surface area contributed by atoms with Crippen molar-refractivity contribution < 1.29 is 22.4 Å². The van der Waals surface area contributed by atoms with Crippen LogP contribution in [0.3, 0.4) is 0 Å². The molecule has 1 atom stereocenters. The highest BCUT2D eigenvalue weighted by molar-refractivity contribution is 7.89. The SMILES string of the molecule is O=C(CCNC(=O)C1CCCN(S(=O)(=O)c2ccc(F)cc2)C1)NCCCc1ccccc1. The Hall–Kier alpha value is -2.78. The fourth-order valence-electron chi connectivity index (χ4n) is 3.83. The standard InChI is InChI=1S/C24H30FN3O4S/c25-21-10-12-22(13-11-21)33(31,32)28-17-5-9-20(18-28)24(30)27-16-14-23(29)26-15-4-8-19-6-2-1-3-7-19/h1-3,6-7,10-13,20H,4-5,8-9,14-18H2,(H,26,29)(H,27,30). The van der Waals surface area contributed by atoms with Crippen LogP contribution >= 0.6 is 0 Å². The molecule has 0 aromatic heterocycles. The van der Waals surface area contributed by atoms with Gasteiger partial charge in [0.05, 0.1) is 10.8 Å². The molecule has 0 spiro atoms. The molecular weight excluding hydrogens is 445 g/mol. The quantitative estimate of drug-likeness (QED) is 0.516. The first-order chi connectivity index (χ1) is 15.9. The maximum Gasteiger partial charge on any atom is 0.243 e. The number of nitrogens with zero attached hydrogens (tertiary/aromatic N) is 1. The Morgan fingerprint density at radius 2 is 1.73 bits per heavy atom. The minimum absolute atomic E-state index is 0.00823. The number of sulfonamides is 1. The van der Waals surface area contributed by atoms with Gasteiger partial charge in [-0.15, -0.1) is 0 Å². The summed E-state index contributed by atoms with van der Waals surface area (Å²) in [4.78, 5) is 24.5. The Morgan fingerprint density at radius 3 is 2.45 bits per heavy atom. The lowest BCUT2D eigenvalue weighted by atomic mass is 9.99. The molecule has 1 aliphatic rings. The predicted octanol–water partition coefficient (Wildman–Crippen LogP) is 2.48. The molecule has 0 bridgehead atoms. The van der Waals surface area contributed by atoms with Crippen LogP contribution < -0.4 is 10.6 Å². The van der Waals surface area contributed by atoms with Crippen molar-refractivity contribution in [3.8, 4) is 0 Å². The van der Waals surface area contributed by atoms with E-state index in [2.05, 4.69) is 22.8 Å². The molecule has 7 nitrogen and oxygen atoms in total. The molecule has 2 aromatic rings. The van der Waals surface area contributed by atoms with Crippen LogP contribution in [0.15, 0.2) is 59.5 Å². The van der Waals surface area contributed by atoms with Crippen molar-refractivity contribution >= 4 is 21.8 Å². The van der Waals surface area contributed by atoms with Crippen LogP contribution in [0.4, 0.5) is 4.39 Å². The highest BCUT2D eigenvalue weighted by atomic mass is 32.2. The second kappa shape index (κ2) is 11.9. The molecular formula is C24H30FN3O4S. The summed E-state index contributed by atoms with van der Waals surface area (Å²) >= 11 is 0. The van der Waals surface area contributed by atoms with Gasteiger partial charge in [-0.05, 0) is 55.5 Å². The largest absolute Gasteiger partial charge is 0.356 e. The second-order valence-electron chi connectivity index (χ2n) is 8.14. The number of carbonyl (C=O) groups is 2. The van der Waals surface area contributed by atoms with E-state index >= 15 is 0 Å². The van der Waals surface area contributed by atoms with Crippen LogP contribution in [0.2, 0.25) is 0 Å². The monoisotopic (exact) mass is 475 g/mol. The molecule has 3 rings (SSSR count). The predicted molar refractivity (Wildman–Crippen MR) is 123 cm³/mol. The highest BCUT2D eigenvalue weighted by Gasteiger charge is 2.33. The van der Waals surface area contributed by atoms with Gasteiger partial charge < -0.3 is 10.6 Å². The van der Waals surface area contributed by atoms with Crippen LogP contribution in [0.5, 0.6) is 0 Å². The van der Waals surface area contributed by atoms with E-state index in [0.29, 0.717) is 25.9 Å². The molecule has 0 aliphatic carbocycles. The molecule has 1 saturated heterocycles. The average molecular weight is 476 g/mol. The van der Waals surface area contributed by atoms with E-state index in [9.17, 15) is 22.4 Å². The number of hydrogen-bond donors (Lipinski definition) is 2. The molecule has 2 amide bonds. The van der Waals surface area contributed by atoms with Crippen LogP contribution in [0, 0.1) is 11.7 Å². The van der Waals surface area contributed by atoms with Crippen molar-refractivity contribution in [3.63, 3.8) is 0 Å². The molecule has 0 saturated carbocycles. The summed E-state index contributed by atoms with van der Waals surface area (Å²) in [6, 6.07) is 14.7. The Kier molecular flexibility index (Phi) is 8.96. The van der Waals surface area contributed by atoms with Gasteiger partial charge in [-0.2, -0.15) is 4.31 Å². The summed E-state index contributed by atoms with van der Waals surface area (Å²) in [5.41, 5.74) is 1.22. The van der Waals surface area contributed by atoms with Crippen molar-refractivity contribution in [1.82, 2.24) is 14.9 Å². The van der Waals surface area contributed by atoms with Crippen LogP contribution in [-0.2, 0) is 26.0 Å². The third-order valence-corrected chi connectivity index (χ3v) is 7.54. The third-order valence-electron chi connectivity index (χ3n) is 5.66. The van der Waals surface area contributed by atoms with Gasteiger partial charge in [0.25, 0.3) is 0 Å². The maximum absolute atomic E-state index is 13.1. The lowest BCUT2D eigenvalue weighted by Crippen LogP contribution is -2.45. The molecule has 0 radical (unpaired) electrons. The van der Waals surface area contributed by atoms with Gasteiger partial charge in [-0.1, -0.05) is 30.3 Å². The van der Waals surface area contributed by atoms with Gasteiger partial charge in [0.15, 0.2) is 0 Å². The van der Waals surface area contributed by atoms with Gasteiger partial charge >= 0.3 is 0 Å². The lowest BCUT2D eigenvalue weighted by Gasteiger charge is -2.31. The molecule has 33 heavy (non-hydrogen) atoms. The third kappa shape index (κ3) is 7.36. The van der Waals surface area contributed by atoms with Gasteiger partial charge in [-0.3, -0.25) is 9.59 Å². The zero-order chi connectivity index (χ0) is 23.7. The first-order valence-electron chi connectivity index (χ1n) is 11.2. The van der Waals surface area contributed by atoms with Crippen molar-refractivity contribution in [3.05, 3.63) is 66.0 Å². The summed E-state index contributed by atoms with van der Waals surface area (Å²) in [6.45, 7) is 1.15. The van der Waals surface area contributed by atoms with Gasteiger partial charge in [-0.25, -0.2) is 12.8 Å². The van der Waals surface area contributed by atoms with Gasteiger partial charge in [0, 0.05) is 32.6 Å². The molecule has 1 aliphatic heterocycles. The van der Waals surface area contributed by atoms with Crippen molar-refractivity contribution in [2.45, 2.75) is 37.0 Å². The lowest BCUT2D eigenvalue weighted by molar-refractivity contribution is -0.126. The highest BCUT2D eigenvalue weighted by Crippen LogP contribution is 2.24. The molecule has 1 fully saturated rings. The first-order valence-corrected chi connectivity index (χ1v) is 12.6. The number of hydrogen-bond acceptors (Lipinski definition) is 4. The normalized spacial score (nSPS) is 16.8. The summed E-state index contributed by atoms with van der Waals surface area (Å²) in [6.07, 6.45) is 3.02. The average Bonchev–Trinajstić information content (AvgIpc) is 2.83. The van der Waals surface area contributed by atoms with E-state index in [1.807, 2.05) is 18.2 Å². The number of halogens is 1. The Balaban J connectivity index is 1.38. The number of piperidine rings is 1. The van der Waals surface area contributed by atoms with Crippen molar-refractivity contribution in [2.24, 2.45) is 5.92 Å². The van der Waals surface area contributed by atoms with Crippen molar-refractivity contribution in [2.75, 3.05) is 26.2 Å². The second-order valence-corrected chi connectivity index (χ2v) is 10.1. The molecule has 9 heteroatoms. The summed E-state index contributed by atoms with van der Waals surface area (Å²) in [5.74, 6) is -1.38. The fraction of sp³-hybridized carbons (Fsp3) is 0.417. The van der Waals surface area contributed by atoms with Gasteiger partial charge in [0.2, 0.25) is 21.8 Å². The van der Waals surface area contributed by atoms with E-state index < -0.39 is 21.8 Å².